The predicted octanol–water partition coefficient (Wildman–Crippen LogP) is 2.17. The molecule has 3 atom stereocenters. The van der Waals surface area contributed by atoms with E-state index in [0.29, 0.717) is 5.56 Å². The zero-order valence-corrected chi connectivity index (χ0v) is 23.8. The number of anilines is 1. The third-order valence-electron chi connectivity index (χ3n) is 4.42. The minimum absolute atomic E-state index is 0.149. The maximum atomic E-state index is 12.4. The molecule has 0 amide bonds. The lowest BCUT2D eigenvalue weighted by molar-refractivity contribution is 0.0571. The van der Waals surface area contributed by atoms with E-state index in [0.717, 1.165) is 13.7 Å². The molecule has 206 valence electrons. The van der Waals surface area contributed by atoms with Crippen molar-refractivity contribution in [1.82, 2.24) is 9.55 Å². The molecule has 38 heavy (non-hydrogen) atoms. The van der Waals surface area contributed by atoms with Crippen molar-refractivity contribution in [1.29, 1.82) is 0 Å². The average molecular weight is 705 g/mol. The highest BCUT2D eigenvalue weighted by Crippen LogP contribution is 2.66. The molecule has 1 aromatic heterocycles. The maximum absolute atomic E-state index is 12.4. The average Bonchev–Trinajstić information content (AvgIpc) is 3.08. The Balaban J connectivity index is 1.74. The summed E-state index contributed by atoms with van der Waals surface area (Å²) in [6, 6.07) is 5.65. The fourth-order valence-electron chi connectivity index (χ4n) is 3.00. The van der Waals surface area contributed by atoms with Crippen LogP contribution < -0.4 is 11.4 Å². The Hall–Kier alpha value is -2.06. The van der Waals surface area contributed by atoms with E-state index in [9.17, 15) is 33.4 Å². The van der Waals surface area contributed by atoms with Crippen LogP contribution in [-0.2, 0) is 31.6 Å². The highest BCUT2D eigenvalue weighted by molar-refractivity contribution is 14.1. The number of phosphoric acid groups is 3. The van der Waals surface area contributed by atoms with Crippen molar-refractivity contribution in [2.45, 2.75) is 19.6 Å². The molecule has 1 aromatic carbocycles. The first-order valence-corrected chi connectivity index (χ1v) is 15.6. The Kier molecular flexibility index (Phi) is 9.29. The molecule has 0 aliphatic carbocycles. The smallest absolute Gasteiger partial charge is 0.490 e. The molecule has 1 aliphatic heterocycles. The minimum Gasteiger partial charge on any atom is -0.508 e. The largest absolute Gasteiger partial charge is 0.508 e. The Morgan fingerprint density at radius 3 is 2.47 bits per heavy atom. The first-order valence-electron chi connectivity index (χ1n) is 9.97. The van der Waals surface area contributed by atoms with Crippen LogP contribution in [0.5, 0.6) is 0 Å². The number of nitrogen functional groups attached to an aromatic ring is 1. The number of nitrogens with zero attached hydrogens (tertiary/aromatic N) is 2. The van der Waals surface area contributed by atoms with Gasteiger partial charge < -0.3 is 35.2 Å². The molecule has 0 saturated carbocycles. The van der Waals surface area contributed by atoms with Gasteiger partial charge in [0.05, 0.1) is 12.0 Å². The van der Waals surface area contributed by atoms with Crippen molar-refractivity contribution < 1.29 is 56.3 Å². The van der Waals surface area contributed by atoms with E-state index < -0.39 is 53.5 Å². The van der Waals surface area contributed by atoms with E-state index in [1.54, 1.807) is 0 Å². The van der Waals surface area contributed by atoms with Crippen LogP contribution >= 0.6 is 46.1 Å². The third kappa shape index (κ3) is 8.73. The van der Waals surface area contributed by atoms with Gasteiger partial charge in [-0.2, -0.15) is 13.6 Å². The van der Waals surface area contributed by atoms with Crippen LogP contribution in [0.15, 0.2) is 40.7 Å². The summed E-state index contributed by atoms with van der Waals surface area (Å²) in [7, 11) is -16.7. The van der Waals surface area contributed by atoms with Crippen LogP contribution in [0.2, 0.25) is 0 Å². The summed E-state index contributed by atoms with van der Waals surface area (Å²) in [4.78, 5) is 52.0. The number of aliphatic hydroxyl groups is 1. The molecule has 0 radical (unpaired) electrons. The first kappa shape index (κ1) is 30.5. The first-order chi connectivity index (χ1) is 17.4. The van der Waals surface area contributed by atoms with Crippen molar-refractivity contribution in [3.8, 4) is 11.8 Å². The van der Waals surface area contributed by atoms with Gasteiger partial charge >= 0.3 is 29.2 Å². The molecule has 0 bridgehead atoms. The number of ether oxygens (including phenoxy) is 1. The fraction of sp³-hybridized carbons (Fsp3) is 0.222. The quantitative estimate of drug-likeness (QED) is 0.131. The molecular weight excluding hydrogens is 686 g/mol. The second kappa shape index (κ2) is 11.6. The Morgan fingerprint density at radius 1 is 1.16 bits per heavy atom. The summed E-state index contributed by atoms with van der Waals surface area (Å²) >= 11 is 2.14. The molecule has 1 aliphatic rings. The van der Waals surface area contributed by atoms with Crippen LogP contribution in [0.4, 0.5) is 5.82 Å². The third-order valence-corrected chi connectivity index (χ3v) is 8.82. The van der Waals surface area contributed by atoms with E-state index in [4.69, 9.17) is 20.3 Å². The van der Waals surface area contributed by atoms with Crippen LogP contribution in [0.1, 0.15) is 29.3 Å². The van der Waals surface area contributed by atoms with Crippen molar-refractivity contribution in [3.05, 3.63) is 66.7 Å². The molecule has 3 rings (SSSR count). The molecule has 2 aromatic rings. The number of halogens is 1. The number of benzene rings is 1. The van der Waals surface area contributed by atoms with Crippen molar-refractivity contribution in [2.24, 2.45) is 0 Å². The highest BCUT2D eigenvalue weighted by atomic mass is 127. The standard InChI is InChI=1S/C18H19IN3O13P3/c1-10-4-11(6-13(19)5-10)2-3-12-8-22(18(24)21-17(12)20)16-7-14(23)15(33-16)9-32-37(28,29)35-38(30,31)34-36(25,26)27/h4-6,8,16,23H,7,9H2,1H3,(H,28,29)(H,30,31)(H2,20,21,24)(H2,25,26,27). The summed E-state index contributed by atoms with van der Waals surface area (Å²) in [5.41, 5.74) is 6.82. The molecule has 2 heterocycles. The predicted molar refractivity (Wildman–Crippen MR) is 137 cm³/mol. The van der Waals surface area contributed by atoms with Gasteiger partial charge in [0.25, 0.3) is 0 Å². The van der Waals surface area contributed by atoms with Crippen molar-refractivity contribution in [3.63, 3.8) is 0 Å². The number of aryl methyl sites for hydroxylation is 1. The molecule has 20 heteroatoms. The molecule has 16 nitrogen and oxygen atoms in total. The Morgan fingerprint density at radius 2 is 1.84 bits per heavy atom. The van der Waals surface area contributed by atoms with Gasteiger partial charge in [0, 0.05) is 15.3 Å². The number of aliphatic hydroxyl groups excluding tert-OH is 1. The Bertz CT molecular complexity index is 1540. The van der Waals surface area contributed by atoms with Gasteiger partial charge in [0.15, 0.2) is 12.0 Å². The SMILES string of the molecule is Cc1cc(I)cc(C#Cc2cn(C3CC(O)=C(COP(=O)(O)OP(=O)(O)OP(=O)(O)O)O3)c(=O)nc2N)c1. The van der Waals surface area contributed by atoms with E-state index in [2.05, 4.69) is 52.6 Å². The molecular formula is C18H19IN3O13P3. The summed E-state index contributed by atoms with van der Waals surface area (Å²) in [5, 5.41) is 10.2. The number of hydrogen-bond acceptors (Lipinski definition) is 11. The summed E-state index contributed by atoms with van der Waals surface area (Å²) in [6.07, 6.45) is -0.263. The molecule has 7 N–H and O–H groups in total. The number of nitrogens with two attached hydrogens (primary N) is 1. The lowest BCUT2D eigenvalue weighted by Gasteiger charge is -2.18. The lowest BCUT2D eigenvalue weighted by Crippen LogP contribution is -2.28. The zero-order chi connectivity index (χ0) is 28.5. The van der Waals surface area contributed by atoms with Crippen LogP contribution in [-0.4, -0.2) is 40.8 Å². The fourth-order valence-corrected chi connectivity index (χ4v) is 6.80. The Labute approximate surface area is 227 Å². The number of aromatic nitrogens is 2. The summed E-state index contributed by atoms with van der Waals surface area (Å²) < 4.78 is 53.0. The van der Waals surface area contributed by atoms with Crippen molar-refractivity contribution >= 4 is 51.9 Å². The monoisotopic (exact) mass is 705 g/mol. The minimum atomic E-state index is -5.72. The van der Waals surface area contributed by atoms with Gasteiger partial charge in [-0.15, -0.1) is 0 Å². The van der Waals surface area contributed by atoms with Crippen LogP contribution in [0.3, 0.4) is 0 Å². The van der Waals surface area contributed by atoms with Gasteiger partial charge in [0.1, 0.15) is 18.2 Å². The molecule has 0 fully saturated rings. The van der Waals surface area contributed by atoms with Crippen LogP contribution in [0.25, 0.3) is 0 Å². The van der Waals surface area contributed by atoms with Gasteiger partial charge in [0.2, 0.25) is 0 Å². The summed E-state index contributed by atoms with van der Waals surface area (Å²) in [6.45, 7) is 0.893. The molecule has 3 unspecified atom stereocenters. The normalized spacial score (nSPS) is 18.7. The summed E-state index contributed by atoms with van der Waals surface area (Å²) in [5.74, 6) is 4.62. The number of phosphoric ester groups is 1. The highest BCUT2D eigenvalue weighted by Gasteiger charge is 2.41. The van der Waals surface area contributed by atoms with Crippen molar-refractivity contribution in [2.75, 3.05) is 12.3 Å². The molecule has 0 spiro atoms. The van der Waals surface area contributed by atoms with E-state index in [1.807, 2.05) is 25.1 Å². The van der Waals surface area contributed by atoms with E-state index >= 15 is 0 Å². The van der Waals surface area contributed by atoms with E-state index in [-0.39, 0.29) is 17.8 Å². The van der Waals surface area contributed by atoms with Gasteiger partial charge in [-0.3, -0.25) is 9.09 Å². The van der Waals surface area contributed by atoms with Gasteiger partial charge in [-0.05, 0) is 53.3 Å². The zero-order valence-electron chi connectivity index (χ0n) is 19.0. The van der Waals surface area contributed by atoms with E-state index in [1.165, 1.54) is 6.20 Å². The second-order valence-electron chi connectivity index (χ2n) is 7.51. The number of rotatable bonds is 8. The lowest BCUT2D eigenvalue weighted by atomic mass is 10.1. The number of hydrogen-bond donors (Lipinski definition) is 6. The topological polar surface area (TPSA) is 250 Å². The van der Waals surface area contributed by atoms with Gasteiger partial charge in [-0.1, -0.05) is 11.8 Å². The maximum Gasteiger partial charge on any atom is 0.490 e. The molecule has 0 saturated heterocycles. The van der Waals surface area contributed by atoms with Gasteiger partial charge in [-0.25, -0.2) is 18.5 Å². The van der Waals surface area contributed by atoms with Crippen LogP contribution in [0, 0.1) is 22.3 Å². The second-order valence-corrected chi connectivity index (χ2v) is 13.2.